The van der Waals surface area contributed by atoms with Crippen molar-refractivity contribution in [2.75, 3.05) is 18.0 Å². The molecule has 232 valence electrons. The van der Waals surface area contributed by atoms with Crippen LogP contribution < -0.4 is 10.6 Å². The van der Waals surface area contributed by atoms with E-state index in [4.69, 9.17) is 21.0 Å². The molecule has 5 heterocycles. The van der Waals surface area contributed by atoms with E-state index in [-0.39, 0.29) is 51.4 Å². The van der Waals surface area contributed by atoms with Crippen molar-refractivity contribution in [3.63, 3.8) is 0 Å². The van der Waals surface area contributed by atoms with Crippen LogP contribution in [-0.4, -0.2) is 55.5 Å². The van der Waals surface area contributed by atoms with Gasteiger partial charge in [0.25, 0.3) is 0 Å². The van der Waals surface area contributed by atoms with Gasteiger partial charge in [-0.1, -0.05) is 32.0 Å². The van der Waals surface area contributed by atoms with E-state index in [1.807, 2.05) is 39.5 Å². The van der Waals surface area contributed by atoms with Crippen molar-refractivity contribution in [1.82, 2.24) is 24.4 Å². The Hall–Kier alpha value is -4.64. The van der Waals surface area contributed by atoms with Crippen LogP contribution in [0.25, 0.3) is 38.9 Å². The first-order valence-corrected chi connectivity index (χ1v) is 14.9. The number of amides is 1. The number of piperazine rings is 1. The quantitative estimate of drug-likeness (QED) is 0.202. The molecule has 0 bridgehead atoms. The van der Waals surface area contributed by atoms with Gasteiger partial charge < -0.3 is 14.2 Å². The minimum atomic E-state index is -1.18. The van der Waals surface area contributed by atoms with Crippen LogP contribution in [0.4, 0.5) is 14.6 Å². The predicted molar refractivity (Wildman–Crippen MR) is 170 cm³/mol. The molecule has 4 aromatic heterocycles. The molecule has 1 amide bonds. The summed E-state index contributed by atoms with van der Waals surface area (Å²) in [5, 5.41) is 0.747. The molecule has 0 aliphatic carbocycles. The number of furan rings is 1. The number of pyridine rings is 2. The molecule has 1 aliphatic rings. The fourth-order valence-corrected chi connectivity index (χ4v) is 6.34. The zero-order valence-corrected chi connectivity index (χ0v) is 26.2. The van der Waals surface area contributed by atoms with E-state index < -0.39 is 17.3 Å². The molecular formula is C33H31ClF2N6O3. The van der Waals surface area contributed by atoms with Gasteiger partial charge in [-0.05, 0) is 62.6 Å². The molecule has 1 fully saturated rings. The Labute approximate surface area is 262 Å². The lowest BCUT2D eigenvalue weighted by Crippen LogP contribution is -2.58. The summed E-state index contributed by atoms with van der Waals surface area (Å²) in [4.78, 5) is 44.3. The number of carbonyl (C=O) groups excluding carboxylic acids is 1. The average molecular weight is 633 g/mol. The lowest BCUT2D eigenvalue weighted by molar-refractivity contribution is -0.128. The van der Waals surface area contributed by atoms with Gasteiger partial charge in [-0.15, -0.1) is 0 Å². The molecule has 1 aliphatic heterocycles. The highest BCUT2D eigenvalue weighted by molar-refractivity contribution is 6.34. The molecule has 0 radical (unpaired) electrons. The highest BCUT2D eigenvalue weighted by Crippen LogP contribution is 2.40. The van der Waals surface area contributed by atoms with Gasteiger partial charge in [0, 0.05) is 36.8 Å². The van der Waals surface area contributed by atoms with Gasteiger partial charge in [0.2, 0.25) is 5.91 Å². The SMILES string of the molecule is C=CC(=O)N1C[C@H](C)N(c2nc(=O)n(-c3c(C)ccnc3C(C)C)c3nc(-c4c(F)c(F)cc5ccoc45)c(Cl)cc23)CC1C. The van der Waals surface area contributed by atoms with Crippen LogP contribution in [-0.2, 0) is 4.79 Å². The van der Waals surface area contributed by atoms with Gasteiger partial charge in [-0.3, -0.25) is 9.78 Å². The lowest BCUT2D eigenvalue weighted by Gasteiger charge is -2.44. The molecule has 1 aromatic carbocycles. The van der Waals surface area contributed by atoms with E-state index in [0.717, 1.165) is 11.6 Å². The second-order valence-electron chi connectivity index (χ2n) is 11.7. The number of halogens is 3. The molecule has 0 spiro atoms. The third-order valence-electron chi connectivity index (χ3n) is 8.31. The second kappa shape index (κ2) is 11.4. The van der Waals surface area contributed by atoms with E-state index in [2.05, 4.69) is 16.5 Å². The maximum absolute atomic E-state index is 15.5. The van der Waals surface area contributed by atoms with Crippen LogP contribution in [0.15, 0.2) is 58.6 Å². The zero-order valence-electron chi connectivity index (χ0n) is 25.4. The number of hydrogen-bond donors (Lipinski definition) is 0. The first-order chi connectivity index (χ1) is 21.4. The van der Waals surface area contributed by atoms with Gasteiger partial charge >= 0.3 is 5.69 Å². The minimum Gasteiger partial charge on any atom is -0.464 e. The third kappa shape index (κ3) is 4.95. The normalized spacial score (nSPS) is 17.1. The molecule has 1 saturated heterocycles. The third-order valence-corrected chi connectivity index (χ3v) is 8.60. The van der Waals surface area contributed by atoms with Gasteiger partial charge in [-0.2, -0.15) is 4.98 Å². The zero-order chi connectivity index (χ0) is 32.3. The number of carbonyl (C=O) groups is 1. The topological polar surface area (TPSA) is 97.4 Å². The van der Waals surface area contributed by atoms with Crippen molar-refractivity contribution >= 4 is 45.3 Å². The standard InChI is InChI=1S/C33H31ClF2N6O3/c1-7-24(43)40-14-19(6)41(15-18(40)5)31-21-13-22(34)28(25-26(36)23(35)12-20-9-11-45-30(20)25)38-32(21)42(33(44)39-31)29-17(4)8-10-37-27(29)16(2)3/h7-13,16,18-19H,1,14-15H2,2-6H3/t18?,19-/m0/s1. The fraction of sp³-hybridized carbons (Fsp3) is 0.303. The summed E-state index contributed by atoms with van der Waals surface area (Å²) in [5.74, 6) is -2.23. The molecule has 45 heavy (non-hydrogen) atoms. The van der Waals surface area contributed by atoms with Crippen LogP contribution in [0.3, 0.4) is 0 Å². The number of hydrogen-bond acceptors (Lipinski definition) is 7. The number of benzene rings is 1. The van der Waals surface area contributed by atoms with Gasteiger partial charge in [0.05, 0.1) is 39.3 Å². The Morgan fingerprint density at radius 3 is 2.62 bits per heavy atom. The average Bonchev–Trinajstić information content (AvgIpc) is 3.46. The number of anilines is 1. The number of nitrogens with zero attached hydrogens (tertiary/aromatic N) is 6. The fourth-order valence-electron chi connectivity index (χ4n) is 6.10. The molecule has 0 N–H and O–H groups in total. The Morgan fingerprint density at radius 1 is 1.16 bits per heavy atom. The monoisotopic (exact) mass is 632 g/mol. The van der Waals surface area contributed by atoms with Gasteiger partial charge in [0.1, 0.15) is 11.4 Å². The Kier molecular flexibility index (Phi) is 7.68. The molecule has 12 heteroatoms. The van der Waals surface area contributed by atoms with Crippen molar-refractivity contribution in [2.24, 2.45) is 0 Å². The summed E-state index contributed by atoms with van der Waals surface area (Å²) >= 11 is 6.84. The van der Waals surface area contributed by atoms with Crippen LogP contribution >= 0.6 is 11.6 Å². The van der Waals surface area contributed by atoms with E-state index >= 15 is 4.39 Å². The van der Waals surface area contributed by atoms with E-state index in [1.54, 1.807) is 23.2 Å². The number of fused-ring (bicyclic) bond motifs is 2. The number of aromatic nitrogens is 4. The first-order valence-electron chi connectivity index (χ1n) is 14.6. The Morgan fingerprint density at radius 2 is 1.91 bits per heavy atom. The molecule has 5 aromatic rings. The second-order valence-corrected chi connectivity index (χ2v) is 12.1. The molecular weight excluding hydrogens is 602 g/mol. The van der Waals surface area contributed by atoms with Crippen molar-refractivity contribution in [3.8, 4) is 16.9 Å². The summed E-state index contributed by atoms with van der Waals surface area (Å²) in [6.45, 7) is 13.9. The molecule has 0 saturated carbocycles. The number of rotatable bonds is 5. The van der Waals surface area contributed by atoms with Gasteiger partial charge in [-0.25, -0.2) is 23.1 Å². The summed E-state index contributed by atoms with van der Waals surface area (Å²) in [6.07, 6.45) is 4.28. The molecule has 1 unspecified atom stereocenters. The van der Waals surface area contributed by atoms with Crippen LogP contribution in [0.1, 0.15) is 44.9 Å². The van der Waals surface area contributed by atoms with E-state index in [9.17, 15) is 14.0 Å². The van der Waals surface area contributed by atoms with E-state index in [1.165, 1.54) is 23.0 Å². The molecule has 9 nitrogen and oxygen atoms in total. The predicted octanol–water partition coefficient (Wildman–Crippen LogP) is 6.56. The maximum Gasteiger partial charge on any atom is 0.355 e. The highest BCUT2D eigenvalue weighted by atomic mass is 35.5. The molecule has 2 atom stereocenters. The van der Waals surface area contributed by atoms with Crippen LogP contribution in [0.2, 0.25) is 5.02 Å². The smallest absolute Gasteiger partial charge is 0.355 e. The lowest BCUT2D eigenvalue weighted by atomic mass is 10.0. The van der Waals surface area contributed by atoms with Crippen LogP contribution in [0.5, 0.6) is 0 Å². The maximum atomic E-state index is 15.5. The Bertz CT molecular complexity index is 2070. The minimum absolute atomic E-state index is 0.00566. The van der Waals surface area contributed by atoms with Crippen LogP contribution in [0, 0.1) is 18.6 Å². The van der Waals surface area contributed by atoms with Crippen molar-refractivity contribution in [1.29, 1.82) is 0 Å². The van der Waals surface area contributed by atoms with E-state index in [0.29, 0.717) is 41.1 Å². The van der Waals surface area contributed by atoms with Gasteiger partial charge in [0.15, 0.2) is 17.3 Å². The summed E-state index contributed by atoms with van der Waals surface area (Å²) in [6, 6.07) is 5.43. The number of aryl methyl sites for hydroxylation is 1. The first kappa shape index (κ1) is 30.4. The van der Waals surface area contributed by atoms with Crippen molar-refractivity contribution in [2.45, 2.75) is 52.6 Å². The highest BCUT2D eigenvalue weighted by Gasteiger charge is 2.34. The van der Waals surface area contributed by atoms with Crippen molar-refractivity contribution in [3.05, 3.63) is 87.8 Å². The Balaban J connectivity index is 1.69. The van der Waals surface area contributed by atoms with Crippen molar-refractivity contribution < 1.29 is 18.0 Å². The summed E-state index contributed by atoms with van der Waals surface area (Å²) in [5.41, 5.74) is 1.08. The largest absolute Gasteiger partial charge is 0.464 e. The summed E-state index contributed by atoms with van der Waals surface area (Å²) in [7, 11) is 0. The summed E-state index contributed by atoms with van der Waals surface area (Å²) < 4.78 is 37.3. The molecule has 6 rings (SSSR count).